The maximum Gasteiger partial charge on any atom is 0.433 e. The molecule has 0 spiro atoms. The minimum absolute atomic E-state index is 0.245. The molecule has 3 atom stereocenters. The first-order valence-corrected chi connectivity index (χ1v) is 8.93. The molecule has 3 nitrogen and oxygen atoms in total. The fourth-order valence-electron chi connectivity index (χ4n) is 3.30. The van der Waals surface area contributed by atoms with Gasteiger partial charge in [0, 0.05) is 12.3 Å². The molecule has 2 aromatic rings. The Kier molecular flexibility index (Phi) is 5.42. The Labute approximate surface area is 167 Å². The van der Waals surface area contributed by atoms with Gasteiger partial charge in [-0.05, 0) is 42.2 Å². The van der Waals surface area contributed by atoms with Gasteiger partial charge in [0.2, 0.25) is 0 Å². The number of benzene rings is 1. The second kappa shape index (κ2) is 7.28. The second-order valence-electron chi connectivity index (χ2n) is 6.98. The largest absolute Gasteiger partial charge is 0.433 e. The highest BCUT2D eigenvalue weighted by Gasteiger charge is 2.58. The Morgan fingerprint density at radius 2 is 1.72 bits per heavy atom. The van der Waals surface area contributed by atoms with Gasteiger partial charge in [0.1, 0.15) is 16.3 Å². The van der Waals surface area contributed by atoms with E-state index in [-0.39, 0.29) is 6.04 Å². The van der Waals surface area contributed by atoms with Gasteiger partial charge in [-0.25, -0.2) is 4.98 Å². The van der Waals surface area contributed by atoms with E-state index >= 15 is 0 Å². The van der Waals surface area contributed by atoms with Crippen LogP contribution in [0.3, 0.4) is 0 Å². The Bertz CT molecular complexity index is 921. The van der Waals surface area contributed by atoms with Crippen molar-refractivity contribution < 1.29 is 26.3 Å². The van der Waals surface area contributed by atoms with E-state index in [1.165, 1.54) is 0 Å². The lowest BCUT2D eigenvalue weighted by molar-refractivity contribution is -0.169. The van der Waals surface area contributed by atoms with Crippen LogP contribution < -0.4 is 5.73 Å². The third kappa shape index (κ3) is 4.11. The number of rotatable bonds is 3. The van der Waals surface area contributed by atoms with Gasteiger partial charge in [-0.3, -0.25) is 4.99 Å². The van der Waals surface area contributed by atoms with Crippen molar-refractivity contribution in [2.24, 2.45) is 10.7 Å². The van der Waals surface area contributed by atoms with E-state index in [0.29, 0.717) is 17.8 Å². The molecule has 10 heteroatoms. The summed E-state index contributed by atoms with van der Waals surface area (Å²) in [4.78, 5) is 7.09. The van der Waals surface area contributed by atoms with E-state index < -0.39 is 46.6 Å². The number of aromatic nitrogens is 1. The van der Waals surface area contributed by atoms with Gasteiger partial charge >= 0.3 is 12.4 Å². The molecular weight excluding hydrogens is 420 g/mol. The average molecular weight is 436 g/mol. The first-order chi connectivity index (χ1) is 13.3. The highest BCUT2D eigenvalue weighted by molar-refractivity contribution is 6.29. The summed E-state index contributed by atoms with van der Waals surface area (Å²) >= 11 is 5.61. The summed E-state index contributed by atoms with van der Waals surface area (Å²) in [6, 6.07) is 6.68. The van der Waals surface area contributed by atoms with Crippen LogP contribution >= 0.6 is 11.6 Å². The smallest absolute Gasteiger partial charge is 0.324 e. The second-order valence-corrected chi connectivity index (χ2v) is 7.37. The molecule has 0 radical (unpaired) electrons. The van der Waals surface area contributed by atoms with Crippen LogP contribution in [0.15, 0.2) is 41.4 Å². The van der Waals surface area contributed by atoms with Gasteiger partial charge in [0.25, 0.3) is 0 Å². The molecule has 29 heavy (non-hydrogen) atoms. The molecular formula is C19H16ClF6N3. The molecule has 0 fully saturated rings. The van der Waals surface area contributed by atoms with Crippen LogP contribution in [0.4, 0.5) is 26.3 Å². The average Bonchev–Trinajstić information content (AvgIpc) is 3.07. The van der Waals surface area contributed by atoms with Crippen LogP contribution in [-0.2, 0) is 11.6 Å². The van der Waals surface area contributed by atoms with Crippen molar-refractivity contribution in [3.63, 3.8) is 0 Å². The van der Waals surface area contributed by atoms with Crippen molar-refractivity contribution in [3.8, 4) is 0 Å². The molecule has 1 aromatic heterocycles. The number of pyridine rings is 1. The predicted molar refractivity (Wildman–Crippen MR) is 96.9 cm³/mol. The molecule has 0 saturated carbocycles. The summed E-state index contributed by atoms with van der Waals surface area (Å²) in [6.07, 6.45) is -9.73. The zero-order valence-corrected chi connectivity index (χ0v) is 15.8. The molecule has 156 valence electrons. The molecule has 0 bridgehead atoms. The number of hydrogen-bond acceptors (Lipinski definition) is 3. The third-order valence-corrected chi connectivity index (χ3v) is 5.14. The number of nitrogens with two attached hydrogens (primary N) is 1. The lowest BCUT2D eigenvalue weighted by atomic mass is 9.77. The lowest BCUT2D eigenvalue weighted by Gasteiger charge is -2.31. The third-order valence-electron chi connectivity index (χ3n) is 4.94. The van der Waals surface area contributed by atoms with Crippen LogP contribution in [-0.4, -0.2) is 17.4 Å². The number of alkyl halides is 6. The van der Waals surface area contributed by atoms with Gasteiger partial charge in [-0.2, -0.15) is 26.3 Å². The van der Waals surface area contributed by atoms with Gasteiger partial charge < -0.3 is 5.73 Å². The van der Waals surface area contributed by atoms with E-state index in [0.717, 1.165) is 11.6 Å². The molecule has 2 N–H and O–H groups in total. The van der Waals surface area contributed by atoms with E-state index in [2.05, 4.69) is 9.98 Å². The van der Waals surface area contributed by atoms with Crippen molar-refractivity contribution in [1.82, 2.24) is 4.98 Å². The van der Waals surface area contributed by atoms with Gasteiger partial charge in [0.05, 0.1) is 6.04 Å². The summed E-state index contributed by atoms with van der Waals surface area (Å²) < 4.78 is 81.4. The Morgan fingerprint density at radius 3 is 2.24 bits per heavy atom. The van der Waals surface area contributed by atoms with E-state index in [1.54, 1.807) is 31.2 Å². The zero-order valence-electron chi connectivity index (χ0n) is 15.0. The maximum absolute atomic E-state index is 14.1. The van der Waals surface area contributed by atoms with E-state index in [4.69, 9.17) is 17.3 Å². The van der Waals surface area contributed by atoms with Crippen LogP contribution in [0.1, 0.15) is 47.8 Å². The standard InChI is InChI=1S/C19H16ClF6N3/c1-10(27)11-2-4-12(5-3-11)14-8-17(9-28-14,19(24,25)26)13-6-15(18(21,22)23)29-16(20)7-13/h2-7,9-10,14H,8,27H2,1H3. The first-order valence-electron chi connectivity index (χ1n) is 8.55. The number of halogens is 7. The molecule has 0 aliphatic carbocycles. The van der Waals surface area contributed by atoms with E-state index in [1.807, 2.05) is 0 Å². The highest BCUT2D eigenvalue weighted by Crippen LogP contribution is 2.51. The Hall–Kier alpha value is -2.13. The van der Waals surface area contributed by atoms with Gasteiger partial charge in [-0.1, -0.05) is 35.9 Å². The van der Waals surface area contributed by atoms with Crippen molar-refractivity contribution >= 4 is 17.8 Å². The maximum atomic E-state index is 14.1. The molecule has 0 amide bonds. The minimum atomic E-state index is -4.93. The van der Waals surface area contributed by atoms with Crippen molar-refractivity contribution in [2.75, 3.05) is 0 Å². The molecule has 3 rings (SSSR count). The fourth-order valence-corrected chi connectivity index (χ4v) is 3.51. The van der Waals surface area contributed by atoms with Crippen LogP contribution in [0.2, 0.25) is 5.15 Å². The summed E-state index contributed by atoms with van der Waals surface area (Å²) in [7, 11) is 0. The molecule has 1 aromatic carbocycles. The Morgan fingerprint density at radius 1 is 1.10 bits per heavy atom. The minimum Gasteiger partial charge on any atom is -0.324 e. The summed E-state index contributed by atoms with van der Waals surface area (Å²) in [5, 5.41) is -0.670. The summed E-state index contributed by atoms with van der Waals surface area (Å²) in [5.41, 5.74) is 2.24. The Balaban J connectivity index is 2.03. The SMILES string of the molecule is CC(N)c1ccc(C2CC(c3cc(Cl)nc(C(F)(F)F)c3)(C(F)(F)F)C=N2)cc1. The van der Waals surface area contributed by atoms with Crippen molar-refractivity contribution in [1.29, 1.82) is 0 Å². The highest BCUT2D eigenvalue weighted by atomic mass is 35.5. The van der Waals surface area contributed by atoms with Crippen LogP contribution in [0.25, 0.3) is 0 Å². The number of nitrogens with zero attached hydrogens (tertiary/aromatic N) is 2. The molecule has 3 unspecified atom stereocenters. The quantitative estimate of drug-likeness (QED) is 0.490. The normalized spacial score (nSPS) is 23.4. The van der Waals surface area contributed by atoms with Crippen molar-refractivity contribution in [3.05, 3.63) is 63.9 Å². The predicted octanol–water partition coefficient (Wildman–Crippen LogP) is 5.79. The van der Waals surface area contributed by atoms with Gasteiger partial charge in [0.15, 0.2) is 0 Å². The summed E-state index contributed by atoms with van der Waals surface area (Å²) in [6.45, 7) is 1.77. The fraction of sp³-hybridized carbons (Fsp3) is 0.368. The molecule has 2 heterocycles. The molecule has 0 saturated heterocycles. The van der Waals surface area contributed by atoms with E-state index in [9.17, 15) is 26.3 Å². The summed E-state index contributed by atoms with van der Waals surface area (Å²) in [5.74, 6) is 0. The first kappa shape index (κ1) is 21.6. The number of aliphatic imine (C=N–C) groups is 1. The molecule has 1 aliphatic rings. The molecule has 1 aliphatic heterocycles. The topological polar surface area (TPSA) is 51.3 Å². The zero-order chi connectivity index (χ0) is 21.6. The lowest BCUT2D eigenvalue weighted by Crippen LogP contribution is -2.42. The van der Waals surface area contributed by atoms with Crippen LogP contribution in [0, 0.1) is 0 Å². The monoisotopic (exact) mass is 435 g/mol. The van der Waals surface area contributed by atoms with Gasteiger partial charge in [-0.15, -0.1) is 0 Å². The number of hydrogen-bond donors (Lipinski definition) is 1. The van der Waals surface area contributed by atoms with Crippen LogP contribution in [0.5, 0.6) is 0 Å². The van der Waals surface area contributed by atoms with Crippen molar-refractivity contribution in [2.45, 2.75) is 43.2 Å².